The fraction of sp³-hybridized carbons (Fsp3) is 0.952. The fourth-order valence-corrected chi connectivity index (χ4v) is 7.36. The maximum absolute atomic E-state index is 12.7. The summed E-state index contributed by atoms with van der Waals surface area (Å²) in [7, 11) is 2.23. The van der Waals surface area contributed by atoms with Gasteiger partial charge in [0, 0.05) is 12.8 Å². The maximum atomic E-state index is 12.7. The van der Waals surface area contributed by atoms with Crippen molar-refractivity contribution in [2.45, 2.75) is 239 Å². The Bertz CT molecular complexity index is 705. The zero-order valence-electron chi connectivity index (χ0n) is 32.1. The predicted molar refractivity (Wildman–Crippen MR) is 204 cm³/mol. The van der Waals surface area contributed by atoms with Crippen LogP contribution >= 0.6 is 0 Å². The van der Waals surface area contributed by atoms with E-state index in [1.807, 2.05) is 0 Å². The molecule has 0 fully saturated rings. The normalized spacial score (nSPS) is 14.0. The van der Waals surface area contributed by atoms with Gasteiger partial charge in [-0.2, -0.15) is 0 Å². The van der Waals surface area contributed by atoms with Crippen molar-refractivity contribution in [2.24, 2.45) is 0 Å². The largest absolute Gasteiger partial charge is 0.318 e. The van der Waals surface area contributed by atoms with Crippen LogP contribution in [0.2, 0.25) is 0 Å². The van der Waals surface area contributed by atoms with Gasteiger partial charge in [-0.15, -0.1) is 0 Å². The van der Waals surface area contributed by atoms with Gasteiger partial charge in [0.25, 0.3) is 0 Å². The third-order valence-corrected chi connectivity index (χ3v) is 10.5. The number of unbranched alkanes of at least 4 members (excludes halogenated alkanes) is 29. The van der Waals surface area contributed by atoms with E-state index in [2.05, 4.69) is 42.6 Å². The molecule has 4 nitrogen and oxygen atoms in total. The topological polar surface area (TPSA) is 35.4 Å². The number of nitrogens with one attached hydrogen (secondary N) is 1. The molecule has 0 aromatic rings. The molecule has 1 aliphatic rings. The molecule has 0 spiro atoms. The lowest BCUT2D eigenvalue weighted by Gasteiger charge is -2.22. The van der Waals surface area contributed by atoms with Crippen molar-refractivity contribution in [3.8, 4) is 0 Å². The van der Waals surface area contributed by atoms with Crippen LogP contribution in [0.1, 0.15) is 233 Å². The summed E-state index contributed by atoms with van der Waals surface area (Å²) in [4.78, 5) is 15.1. The van der Waals surface area contributed by atoms with Crippen LogP contribution in [0.4, 0.5) is 0 Å². The number of nitrogens with zero attached hydrogens (tertiary/aromatic N) is 2. The summed E-state index contributed by atoms with van der Waals surface area (Å²) in [5.74, 6) is 1.67. The van der Waals surface area contributed by atoms with Crippen molar-refractivity contribution in [2.75, 3.05) is 20.1 Å². The number of amidine groups is 1. The van der Waals surface area contributed by atoms with Crippen LogP contribution < -0.4 is 5.32 Å². The zero-order valence-corrected chi connectivity index (χ0v) is 32.1. The fourth-order valence-electron chi connectivity index (χ4n) is 7.36. The smallest absolute Gasteiger partial charge is 0.248 e. The highest BCUT2D eigenvalue weighted by molar-refractivity contribution is 5.80. The molecule has 272 valence electrons. The van der Waals surface area contributed by atoms with E-state index in [-0.39, 0.29) is 12.1 Å². The Morgan fingerprint density at radius 2 is 0.891 bits per heavy atom. The van der Waals surface area contributed by atoms with Gasteiger partial charge in [0.2, 0.25) is 11.7 Å². The molecule has 1 unspecified atom stereocenters. The van der Waals surface area contributed by atoms with Crippen LogP contribution in [0, 0.1) is 0 Å². The number of rotatable bonds is 35. The van der Waals surface area contributed by atoms with E-state index < -0.39 is 0 Å². The lowest BCUT2D eigenvalue weighted by Crippen LogP contribution is -2.48. The highest BCUT2D eigenvalue weighted by Crippen LogP contribution is 2.17. The molecule has 0 saturated heterocycles. The number of carbonyl (C=O) groups is 1. The molecule has 0 bridgehead atoms. The van der Waals surface area contributed by atoms with E-state index in [1.165, 1.54) is 198 Å². The lowest BCUT2D eigenvalue weighted by atomic mass is 10.0. The minimum Gasteiger partial charge on any atom is -0.318 e. The highest BCUT2D eigenvalue weighted by Gasteiger charge is 2.32. The lowest BCUT2D eigenvalue weighted by molar-refractivity contribution is -0.487. The summed E-state index contributed by atoms with van der Waals surface area (Å²) in [5.41, 5.74) is 0. The van der Waals surface area contributed by atoms with Crippen LogP contribution in [-0.2, 0) is 4.79 Å². The minimum absolute atomic E-state index is 0.102. The second-order valence-corrected chi connectivity index (χ2v) is 15.0. The minimum atomic E-state index is 0.102. The van der Waals surface area contributed by atoms with Gasteiger partial charge in [0.15, 0.2) is 6.17 Å². The van der Waals surface area contributed by atoms with Crippen molar-refractivity contribution in [1.82, 2.24) is 10.2 Å². The van der Waals surface area contributed by atoms with E-state index in [1.54, 1.807) is 0 Å². The molecule has 46 heavy (non-hydrogen) atoms. The van der Waals surface area contributed by atoms with Crippen molar-refractivity contribution in [3.63, 3.8) is 0 Å². The molecule has 1 rings (SSSR count). The molecule has 1 atom stereocenters. The van der Waals surface area contributed by atoms with Crippen molar-refractivity contribution >= 4 is 11.7 Å². The Morgan fingerprint density at radius 3 is 1.26 bits per heavy atom. The monoisotopic (exact) mass is 647 g/mol. The van der Waals surface area contributed by atoms with Gasteiger partial charge < -0.3 is 5.32 Å². The third-order valence-electron chi connectivity index (χ3n) is 10.5. The van der Waals surface area contributed by atoms with E-state index in [0.717, 1.165) is 25.9 Å². The van der Waals surface area contributed by atoms with Crippen molar-refractivity contribution in [3.05, 3.63) is 0 Å². The summed E-state index contributed by atoms with van der Waals surface area (Å²) < 4.78 is 2.42. The molecule has 0 aliphatic carbocycles. The Balaban J connectivity index is 1.97. The van der Waals surface area contributed by atoms with Crippen LogP contribution in [0.25, 0.3) is 0 Å². The summed E-state index contributed by atoms with van der Waals surface area (Å²) in [5, 5.41) is 3.32. The zero-order chi connectivity index (χ0) is 33.3. The average molecular weight is 647 g/mol. The first-order valence-electron chi connectivity index (χ1n) is 21.2. The van der Waals surface area contributed by atoms with Crippen LogP contribution in [-0.4, -0.2) is 47.5 Å². The molecule has 1 heterocycles. The molecule has 0 radical (unpaired) electrons. The Kier molecular flexibility index (Phi) is 30.3. The van der Waals surface area contributed by atoms with Gasteiger partial charge in [0.05, 0.1) is 7.05 Å². The molecule has 0 aromatic heterocycles. The summed E-state index contributed by atoms with van der Waals surface area (Å²) in [6.45, 7) is 8.88. The molecule has 4 heteroatoms. The van der Waals surface area contributed by atoms with Crippen LogP contribution in [0.15, 0.2) is 0 Å². The first kappa shape index (κ1) is 43.0. The van der Waals surface area contributed by atoms with E-state index in [0.29, 0.717) is 6.42 Å². The molecular weight excluding hydrogens is 562 g/mol. The highest BCUT2D eigenvalue weighted by atomic mass is 16.1. The second-order valence-electron chi connectivity index (χ2n) is 15.0. The molecular formula is C42H84N3O+. The molecule has 1 aliphatic heterocycles. The van der Waals surface area contributed by atoms with E-state index >= 15 is 0 Å². The SMILES string of the molecule is CCCCCCCCCCCCCCCCCCC1=[N+](C)CCN1C(C)NC(=O)CCCCCCCCCCCCCCCCC. The van der Waals surface area contributed by atoms with Crippen molar-refractivity contribution in [1.29, 1.82) is 0 Å². The van der Waals surface area contributed by atoms with Crippen LogP contribution in [0.5, 0.6) is 0 Å². The third kappa shape index (κ3) is 25.0. The predicted octanol–water partition coefficient (Wildman–Crippen LogP) is 12.7. The second kappa shape index (κ2) is 32.5. The van der Waals surface area contributed by atoms with Gasteiger partial charge >= 0.3 is 0 Å². The molecule has 0 saturated carbocycles. The molecule has 1 N–H and O–H groups in total. The summed E-state index contributed by atoms with van der Waals surface area (Å²) in [6.07, 6.45) is 45.0. The Hall–Kier alpha value is -1.06. The summed E-state index contributed by atoms with van der Waals surface area (Å²) >= 11 is 0. The first-order valence-corrected chi connectivity index (χ1v) is 21.2. The van der Waals surface area contributed by atoms with Gasteiger partial charge in [-0.25, -0.2) is 4.90 Å². The van der Waals surface area contributed by atoms with Gasteiger partial charge in [-0.3, -0.25) is 9.37 Å². The van der Waals surface area contributed by atoms with Crippen LogP contribution in [0.3, 0.4) is 0 Å². The number of carbonyl (C=O) groups excluding carboxylic acids is 1. The number of hydrogen-bond acceptors (Lipinski definition) is 2. The number of hydrogen-bond donors (Lipinski definition) is 1. The van der Waals surface area contributed by atoms with Gasteiger partial charge in [-0.1, -0.05) is 200 Å². The van der Waals surface area contributed by atoms with Gasteiger partial charge in [-0.05, 0) is 19.8 Å². The van der Waals surface area contributed by atoms with E-state index in [9.17, 15) is 4.79 Å². The Morgan fingerprint density at radius 1 is 0.565 bits per heavy atom. The molecule has 1 amide bonds. The quantitative estimate of drug-likeness (QED) is 0.0549. The van der Waals surface area contributed by atoms with E-state index in [4.69, 9.17) is 0 Å². The summed E-state index contributed by atoms with van der Waals surface area (Å²) in [6, 6.07) is 0. The number of amides is 1. The Labute approximate surface area is 289 Å². The number of likely N-dealkylation sites (N-methyl/N-ethyl adjacent to an activating group) is 1. The maximum Gasteiger partial charge on any atom is 0.248 e. The van der Waals surface area contributed by atoms with Crippen molar-refractivity contribution < 1.29 is 9.37 Å². The standard InChI is InChI=1S/C42H83N3O/c1-5-7-9-11-13-15-17-19-21-23-25-27-29-31-33-35-37-42-44(4)38-39-45(42)40(3)43-41(46)36-34-32-30-28-26-24-22-20-18-16-14-12-10-8-6-2/h40H,5-39H2,1-4H3/p+1. The average Bonchev–Trinajstić information content (AvgIpc) is 3.42. The first-order chi connectivity index (χ1) is 22.6. The molecule has 0 aromatic carbocycles. The van der Waals surface area contributed by atoms with Gasteiger partial charge in [0.1, 0.15) is 13.1 Å².